The molecule has 0 aliphatic carbocycles. The van der Waals surface area contributed by atoms with Gasteiger partial charge in [-0.1, -0.05) is 29.8 Å². The van der Waals surface area contributed by atoms with Gasteiger partial charge in [0.25, 0.3) is 10.0 Å². The first-order chi connectivity index (χ1) is 15.0. The van der Waals surface area contributed by atoms with Gasteiger partial charge in [-0.2, -0.15) is 13.2 Å². The number of sulfonamides is 1. The molecule has 0 aromatic heterocycles. The van der Waals surface area contributed by atoms with Gasteiger partial charge in [0.05, 0.1) is 21.8 Å². The predicted molar refractivity (Wildman–Crippen MR) is 111 cm³/mol. The Bertz CT molecular complexity index is 1340. The van der Waals surface area contributed by atoms with Crippen molar-refractivity contribution in [3.05, 3.63) is 77.1 Å². The molecule has 3 aromatic carbocycles. The molecule has 0 fully saturated rings. The summed E-state index contributed by atoms with van der Waals surface area (Å²) in [6, 6.07) is 12.1. The number of anilines is 2. The second-order valence-electron chi connectivity index (χ2n) is 6.91. The number of halogens is 5. The van der Waals surface area contributed by atoms with Crippen LogP contribution in [0.4, 0.5) is 28.9 Å². The molecule has 1 heterocycles. The molecule has 0 saturated carbocycles. The molecule has 0 unspecified atom stereocenters. The van der Waals surface area contributed by atoms with Crippen LogP contribution in [0.2, 0.25) is 5.02 Å². The van der Waals surface area contributed by atoms with E-state index in [1.54, 1.807) is 6.07 Å². The lowest BCUT2D eigenvalue weighted by Crippen LogP contribution is -2.40. The van der Waals surface area contributed by atoms with Gasteiger partial charge in [-0.15, -0.1) is 0 Å². The molecule has 1 aliphatic heterocycles. The first-order valence-electron chi connectivity index (χ1n) is 9.07. The Morgan fingerprint density at radius 1 is 1.00 bits per heavy atom. The van der Waals surface area contributed by atoms with Crippen molar-refractivity contribution >= 4 is 38.9 Å². The third-order valence-electron chi connectivity index (χ3n) is 4.82. The summed E-state index contributed by atoms with van der Waals surface area (Å²) in [7, 11) is -4.23. The number of carbonyl (C=O) groups is 1. The van der Waals surface area contributed by atoms with Crippen molar-refractivity contribution in [3.8, 4) is 11.1 Å². The summed E-state index contributed by atoms with van der Waals surface area (Å²) in [6.07, 6.45) is -4.80. The highest BCUT2D eigenvalue weighted by Gasteiger charge is 2.37. The molecule has 1 aliphatic rings. The van der Waals surface area contributed by atoms with Gasteiger partial charge in [0, 0.05) is 16.1 Å². The predicted octanol–water partition coefficient (Wildman–Crippen LogP) is 5.31. The molecule has 0 bridgehead atoms. The van der Waals surface area contributed by atoms with E-state index in [1.165, 1.54) is 30.3 Å². The lowest BCUT2D eigenvalue weighted by molar-refractivity contribution is -0.137. The van der Waals surface area contributed by atoms with Gasteiger partial charge in [0.2, 0.25) is 5.91 Å². The van der Waals surface area contributed by atoms with Crippen molar-refractivity contribution in [3.63, 3.8) is 0 Å². The lowest BCUT2D eigenvalue weighted by atomic mass is 10.0. The number of rotatable bonds is 3. The largest absolute Gasteiger partial charge is 0.418 e. The number of fused-ring (bicyclic) bond motifs is 3. The maximum Gasteiger partial charge on any atom is 0.418 e. The van der Waals surface area contributed by atoms with Crippen LogP contribution in [0, 0.1) is 5.82 Å². The number of amides is 1. The highest BCUT2D eigenvalue weighted by atomic mass is 35.5. The molecule has 5 nitrogen and oxygen atoms in total. The minimum atomic E-state index is -4.80. The second kappa shape index (κ2) is 7.79. The molecule has 0 atom stereocenters. The SMILES string of the molecule is O=C(CN1c2ccc(F)cc2-c2ccccc2S1(=O)=O)Nc1ccc(Cl)cc1C(F)(F)F. The number of benzene rings is 3. The zero-order chi connectivity index (χ0) is 23.3. The third kappa shape index (κ3) is 3.91. The van der Waals surface area contributed by atoms with Gasteiger partial charge in [-0.25, -0.2) is 12.8 Å². The Labute approximate surface area is 185 Å². The Kier molecular flexibility index (Phi) is 5.38. The molecule has 0 radical (unpaired) electrons. The lowest BCUT2D eigenvalue weighted by Gasteiger charge is -2.31. The Morgan fingerprint density at radius 2 is 1.72 bits per heavy atom. The van der Waals surface area contributed by atoms with E-state index in [-0.39, 0.29) is 26.7 Å². The van der Waals surface area contributed by atoms with Crippen molar-refractivity contribution in [2.75, 3.05) is 16.2 Å². The zero-order valence-corrected chi connectivity index (χ0v) is 17.5. The molecule has 0 saturated heterocycles. The van der Waals surface area contributed by atoms with Gasteiger partial charge in [0.1, 0.15) is 12.4 Å². The van der Waals surface area contributed by atoms with Crippen molar-refractivity contribution < 1.29 is 30.8 Å². The van der Waals surface area contributed by atoms with Crippen LogP contribution in [0.25, 0.3) is 11.1 Å². The molecule has 3 aromatic rings. The van der Waals surface area contributed by atoms with E-state index >= 15 is 0 Å². The van der Waals surface area contributed by atoms with Crippen LogP contribution in [0.5, 0.6) is 0 Å². The molecular formula is C21H13ClF4N2O3S. The van der Waals surface area contributed by atoms with Crippen molar-refractivity contribution in [2.45, 2.75) is 11.1 Å². The van der Waals surface area contributed by atoms with Crippen LogP contribution in [0.15, 0.2) is 65.6 Å². The molecule has 4 rings (SSSR count). The van der Waals surface area contributed by atoms with Gasteiger partial charge in [0.15, 0.2) is 0 Å². The Balaban J connectivity index is 1.72. The summed E-state index contributed by atoms with van der Waals surface area (Å²) in [5, 5.41) is 1.92. The van der Waals surface area contributed by atoms with Crippen LogP contribution in [-0.4, -0.2) is 20.9 Å². The summed E-state index contributed by atoms with van der Waals surface area (Å²) in [5.41, 5.74) is -1.21. The first-order valence-corrected chi connectivity index (χ1v) is 10.9. The fraction of sp³-hybridized carbons (Fsp3) is 0.0952. The fourth-order valence-electron chi connectivity index (χ4n) is 3.45. The van der Waals surface area contributed by atoms with Crippen LogP contribution < -0.4 is 9.62 Å². The average Bonchev–Trinajstić information content (AvgIpc) is 2.72. The highest BCUT2D eigenvalue weighted by Crippen LogP contribution is 2.43. The molecule has 166 valence electrons. The van der Waals surface area contributed by atoms with E-state index in [4.69, 9.17) is 11.6 Å². The Morgan fingerprint density at radius 3 is 2.44 bits per heavy atom. The molecule has 11 heteroatoms. The maximum absolute atomic E-state index is 13.9. The van der Waals surface area contributed by atoms with Crippen LogP contribution in [0.3, 0.4) is 0 Å². The zero-order valence-electron chi connectivity index (χ0n) is 16.0. The number of hydrogen-bond acceptors (Lipinski definition) is 3. The molecule has 1 N–H and O–H groups in total. The van der Waals surface area contributed by atoms with Crippen LogP contribution >= 0.6 is 11.6 Å². The van der Waals surface area contributed by atoms with E-state index in [0.717, 1.165) is 22.5 Å². The van der Waals surface area contributed by atoms with Crippen LogP contribution in [-0.2, 0) is 21.0 Å². The molecule has 32 heavy (non-hydrogen) atoms. The van der Waals surface area contributed by atoms with Crippen molar-refractivity contribution in [1.29, 1.82) is 0 Å². The standard InChI is InChI=1S/C21H13ClF4N2O3S/c22-12-5-7-17(16(9-12)21(24,25)26)27-20(29)11-28-18-8-6-13(23)10-15(18)14-3-1-2-4-19(14)32(28,30)31/h1-10H,11H2,(H,27,29). The maximum atomic E-state index is 13.9. The van der Waals surface area contributed by atoms with Gasteiger partial charge < -0.3 is 5.32 Å². The third-order valence-corrected chi connectivity index (χ3v) is 6.87. The summed E-state index contributed by atoms with van der Waals surface area (Å²) < 4.78 is 80.9. The van der Waals surface area contributed by atoms with E-state index in [9.17, 15) is 30.8 Å². The van der Waals surface area contributed by atoms with E-state index in [2.05, 4.69) is 5.32 Å². The number of alkyl halides is 3. The van der Waals surface area contributed by atoms with Gasteiger partial charge in [-0.3, -0.25) is 9.10 Å². The summed E-state index contributed by atoms with van der Waals surface area (Å²) in [5.74, 6) is -1.63. The minimum Gasteiger partial charge on any atom is -0.324 e. The minimum absolute atomic E-state index is 0.0346. The topological polar surface area (TPSA) is 66.5 Å². The van der Waals surface area contributed by atoms with Gasteiger partial charge in [-0.05, 0) is 42.5 Å². The van der Waals surface area contributed by atoms with E-state index in [1.807, 2.05) is 0 Å². The number of nitrogens with one attached hydrogen (secondary N) is 1. The number of nitrogens with zero attached hydrogens (tertiary/aromatic N) is 1. The smallest absolute Gasteiger partial charge is 0.324 e. The number of carbonyl (C=O) groups excluding carboxylic acids is 1. The van der Waals surface area contributed by atoms with Crippen molar-refractivity contribution in [2.24, 2.45) is 0 Å². The highest BCUT2D eigenvalue weighted by molar-refractivity contribution is 7.93. The fourth-order valence-corrected chi connectivity index (χ4v) is 5.28. The van der Waals surface area contributed by atoms with Crippen LogP contribution in [0.1, 0.15) is 5.56 Å². The van der Waals surface area contributed by atoms with Gasteiger partial charge >= 0.3 is 6.18 Å². The summed E-state index contributed by atoms with van der Waals surface area (Å²) in [4.78, 5) is 12.5. The van der Waals surface area contributed by atoms with E-state index < -0.39 is 45.7 Å². The monoisotopic (exact) mass is 484 g/mol. The summed E-state index contributed by atoms with van der Waals surface area (Å²) >= 11 is 5.64. The normalized spacial score (nSPS) is 14.5. The van der Waals surface area contributed by atoms with Crippen molar-refractivity contribution in [1.82, 2.24) is 0 Å². The average molecular weight is 485 g/mol. The second-order valence-corrected chi connectivity index (χ2v) is 9.17. The number of hydrogen-bond donors (Lipinski definition) is 1. The Hall–Kier alpha value is -3.11. The molecule has 0 spiro atoms. The molecular weight excluding hydrogens is 472 g/mol. The van der Waals surface area contributed by atoms with E-state index in [0.29, 0.717) is 6.07 Å². The summed E-state index contributed by atoms with van der Waals surface area (Å²) in [6.45, 7) is -0.824. The quantitative estimate of drug-likeness (QED) is 0.512. The molecule has 1 amide bonds. The first kappa shape index (κ1) is 22.1.